The number of hydrogen-bond donors (Lipinski definition) is 1. The van der Waals surface area contributed by atoms with Crippen molar-refractivity contribution in [3.63, 3.8) is 0 Å². The lowest BCUT2D eigenvalue weighted by Crippen LogP contribution is -2.46. The summed E-state index contributed by atoms with van der Waals surface area (Å²) in [5, 5.41) is 4.42. The molecule has 0 saturated carbocycles. The minimum Gasteiger partial charge on any atom is -0.336 e. The summed E-state index contributed by atoms with van der Waals surface area (Å²) in [4.78, 5) is 14.3. The Hall–Kier alpha value is -1.36. The topological polar surface area (TPSA) is 64.2 Å². The normalized spacial score (nSPS) is 20.2. The van der Waals surface area contributed by atoms with Gasteiger partial charge in [0.2, 0.25) is 0 Å². The molecule has 1 fully saturated rings. The molecule has 5 heteroatoms. The predicted molar refractivity (Wildman–Crippen MR) is 70.4 cm³/mol. The van der Waals surface area contributed by atoms with Crippen LogP contribution in [0.5, 0.6) is 0 Å². The molecular weight excluding hydrogens is 228 g/mol. The van der Waals surface area contributed by atoms with Crippen LogP contribution in [0.1, 0.15) is 42.9 Å². The number of carbonyl (C=O) groups excluding carboxylic acids is 1. The van der Waals surface area contributed by atoms with E-state index in [4.69, 9.17) is 5.73 Å². The van der Waals surface area contributed by atoms with Crippen LogP contribution in [0, 0.1) is 0 Å². The second-order valence-electron chi connectivity index (χ2n) is 4.84. The van der Waals surface area contributed by atoms with Crippen molar-refractivity contribution in [2.24, 2.45) is 5.73 Å². The molecule has 0 spiro atoms. The quantitative estimate of drug-likeness (QED) is 0.871. The van der Waals surface area contributed by atoms with Gasteiger partial charge < -0.3 is 10.6 Å². The van der Waals surface area contributed by atoms with Crippen LogP contribution < -0.4 is 5.73 Å². The largest absolute Gasteiger partial charge is 0.336 e. The Balaban J connectivity index is 2.19. The summed E-state index contributed by atoms with van der Waals surface area (Å²) in [6.07, 6.45) is 2.86. The molecule has 1 aliphatic heterocycles. The molecule has 1 saturated heterocycles. The monoisotopic (exact) mass is 250 g/mol. The SMILES string of the molecule is CCc1cc(C(=O)N2CCCC(N)C2)n(CC)n1. The zero-order chi connectivity index (χ0) is 13.1. The van der Waals surface area contributed by atoms with Gasteiger partial charge in [-0.15, -0.1) is 0 Å². The molecule has 2 heterocycles. The summed E-state index contributed by atoms with van der Waals surface area (Å²) >= 11 is 0. The number of nitrogens with zero attached hydrogens (tertiary/aromatic N) is 3. The van der Waals surface area contributed by atoms with Gasteiger partial charge >= 0.3 is 0 Å². The number of aryl methyl sites for hydroxylation is 2. The molecule has 1 amide bonds. The van der Waals surface area contributed by atoms with Gasteiger partial charge in [-0.1, -0.05) is 6.92 Å². The maximum absolute atomic E-state index is 12.5. The van der Waals surface area contributed by atoms with E-state index in [-0.39, 0.29) is 11.9 Å². The van der Waals surface area contributed by atoms with E-state index in [2.05, 4.69) is 5.10 Å². The van der Waals surface area contributed by atoms with Crippen molar-refractivity contribution in [2.45, 2.75) is 45.7 Å². The summed E-state index contributed by atoms with van der Waals surface area (Å²) in [5.74, 6) is 0.0687. The lowest BCUT2D eigenvalue weighted by molar-refractivity contribution is 0.0696. The van der Waals surface area contributed by atoms with Gasteiger partial charge in [-0.25, -0.2) is 0 Å². The van der Waals surface area contributed by atoms with Gasteiger partial charge in [-0.2, -0.15) is 5.10 Å². The van der Waals surface area contributed by atoms with E-state index in [1.807, 2.05) is 24.8 Å². The van der Waals surface area contributed by atoms with Crippen LogP contribution in [-0.2, 0) is 13.0 Å². The fourth-order valence-corrected chi connectivity index (χ4v) is 2.41. The number of likely N-dealkylation sites (tertiary alicyclic amines) is 1. The Kier molecular flexibility index (Phi) is 4.01. The van der Waals surface area contributed by atoms with Crippen LogP contribution >= 0.6 is 0 Å². The van der Waals surface area contributed by atoms with Gasteiger partial charge in [0.25, 0.3) is 5.91 Å². The smallest absolute Gasteiger partial charge is 0.272 e. The van der Waals surface area contributed by atoms with Gasteiger partial charge in [0.05, 0.1) is 5.69 Å². The third kappa shape index (κ3) is 2.56. The molecule has 1 aromatic rings. The molecule has 0 aliphatic carbocycles. The van der Waals surface area contributed by atoms with Crippen molar-refractivity contribution in [3.8, 4) is 0 Å². The number of carbonyl (C=O) groups is 1. The summed E-state index contributed by atoms with van der Waals surface area (Å²) in [6, 6.07) is 2.03. The van der Waals surface area contributed by atoms with Crippen molar-refractivity contribution in [2.75, 3.05) is 13.1 Å². The van der Waals surface area contributed by atoms with Gasteiger partial charge in [0.1, 0.15) is 5.69 Å². The fraction of sp³-hybridized carbons (Fsp3) is 0.692. The first-order valence-corrected chi connectivity index (χ1v) is 6.77. The standard InChI is InChI=1S/C13H22N4O/c1-3-11-8-12(17(4-2)15-11)13(18)16-7-5-6-10(14)9-16/h8,10H,3-7,9,14H2,1-2H3. The second kappa shape index (κ2) is 5.52. The van der Waals surface area contributed by atoms with E-state index in [1.54, 1.807) is 4.68 Å². The Labute approximate surface area is 108 Å². The van der Waals surface area contributed by atoms with Crippen LogP contribution in [0.25, 0.3) is 0 Å². The molecule has 1 unspecified atom stereocenters. The number of amides is 1. The van der Waals surface area contributed by atoms with Crippen LogP contribution in [0.3, 0.4) is 0 Å². The molecule has 0 radical (unpaired) electrons. The van der Waals surface area contributed by atoms with E-state index in [1.165, 1.54) is 0 Å². The Bertz CT molecular complexity index is 427. The molecule has 100 valence electrons. The minimum atomic E-state index is 0.0687. The minimum absolute atomic E-state index is 0.0687. The molecule has 1 aromatic heterocycles. The van der Waals surface area contributed by atoms with Crippen molar-refractivity contribution < 1.29 is 4.79 Å². The van der Waals surface area contributed by atoms with E-state index in [9.17, 15) is 4.79 Å². The number of nitrogens with two attached hydrogens (primary N) is 1. The highest BCUT2D eigenvalue weighted by atomic mass is 16.2. The summed E-state index contributed by atoms with van der Waals surface area (Å²) in [5.41, 5.74) is 7.60. The van der Waals surface area contributed by atoms with Crippen molar-refractivity contribution >= 4 is 5.91 Å². The first kappa shape index (κ1) is 13.1. The van der Waals surface area contributed by atoms with Crippen LogP contribution in [0.4, 0.5) is 0 Å². The van der Waals surface area contributed by atoms with Crippen LogP contribution in [-0.4, -0.2) is 39.7 Å². The maximum atomic E-state index is 12.5. The summed E-state index contributed by atoms with van der Waals surface area (Å²) < 4.78 is 1.79. The third-order valence-corrected chi connectivity index (χ3v) is 3.46. The number of piperidine rings is 1. The lowest BCUT2D eigenvalue weighted by atomic mass is 10.1. The number of hydrogen-bond acceptors (Lipinski definition) is 3. The average Bonchev–Trinajstić information content (AvgIpc) is 2.81. The molecular formula is C13H22N4O. The molecule has 0 aromatic carbocycles. The van der Waals surface area contributed by atoms with E-state index in [0.29, 0.717) is 12.2 Å². The highest BCUT2D eigenvalue weighted by Gasteiger charge is 2.25. The molecule has 5 nitrogen and oxygen atoms in total. The predicted octanol–water partition coefficient (Wildman–Crippen LogP) is 1.03. The molecule has 2 rings (SSSR count). The zero-order valence-electron chi connectivity index (χ0n) is 11.2. The summed E-state index contributed by atoms with van der Waals surface area (Å²) in [7, 11) is 0. The number of rotatable bonds is 3. The van der Waals surface area contributed by atoms with Crippen LogP contribution in [0.2, 0.25) is 0 Å². The van der Waals surface area contributed by atoms with Crippen molar-refractivity contribution in [1.82, 2.24) is 14.7 Å². The van der Waals surface area contributed by atoms with Gasteiger partial charge in [0, 0.05) is 25.7 Å². The summed E-state index contributed by atoms with van der Waals surface area (Å²) in [6.45, 7) is 6.25. The van der Waals surface area contributed by atoms with Crippen molar-refractivity contribution in [1.29, 1.82) is 0 Å². The molecule has 1 atom stereocenters. The Morgan fingerprint density at radius 2 is 2.33 bits per heavy atom. The van der Waals surface area contributed by atoms with Crippen LogP contribution in [0.15, 0.2) is 6.07 Å². The highest BCUT2D eigenvalue weighted by molar-refractivity contribution is 5.92. The third-order valence-electron chi connectivity index (χ3n) is 3.46. The first-order valence-electron chi connectivity index (χ1n) is 6.77. The Morgan fingerprint density at radius 3 is 2.94 bits per heavy atom. The fourth-order valence-electron chi connectivity index (χ4n) is 2.41. The number of aromatic nitrogens is 2. The van der Waals surface area contributed by atoms with Gasteiger partial charge in [0.15, 0.2) is 0 Å². The van der Waals surface area contributed by atoms with E-state index >= 15 is 0 Å². The first-order chi connectivity index (χ1) is 8.65. The molecule has 1 aliphatic rings. The average molecular weight is 250 g/mol. The van der Waals surface area contributed by atoms with Gasteiger partial charge in [-0.05, 0) is 32.3 Å². The van der Waals surface area contributed by atoms with Crippen molar-refractivity contribution in [3.05, 3.63) is 17.5 Å². The lowest BCUT2D eigenvalue weighted by Gasteiger charge is -2.30. The van der Waals surface area contributed by atoms with E-state index < -0.39 is 0 Å². The highest BCUT2D eigenvalue weighted by Crippen LogP contribution is 2.14. The molecule has 0 bridgehead atoms. The second-order valence-corrected chi connectivity index (χ2v) is 4.84. The zero-order valence-corrected chi connectivity index (χ0v) is 11.2. The van der Waals surface area contributed by atoms with E-state index in [0.717, 1.165) is 38.0 Å². The molecule has 2 N–H and O–H groups in total. The Morgan fingerprint density at radius 1 is 1.56 bits per heavy atom. The maximum Gasteiger partial charge on any atom is 0.272 e. The van der Waals surface area contributed by atoms with Gasteiger partial charge in [-0.3, -0.25) is 9.48 Å². The molecule has 18 heavy (non-hydrogen) atoms.